The van der Waals surface area contributed by atoms with E-state index >= 15 is 0 Å². The molecule has 1 aromatic heterocycles. The van der Waals surface area contributed by atoms with Gasteiger partial charge in [-0.1, -0.05) is 18.2 Å². The lowest BCUT2D eigenvalue weighted by molar-refractivity contribution is 0.623. The van der Waals surface area contributed by atoms with Gasteiger partial charge in [0, 0.05) is 5.69 Å². The van der Waals surface area contributed by atoms with Crippen LogP contribution in [0.3, 0.4) is 0 Å². The van der Waals surface area contributed by atoms with E-state index in [1.165, 1.54) is 5.56 Å². The third kappa shape index (κ3) is 1.95. The summed E-state index contributed by atoms with van der Waals surface area (Å²) in [7, 11) is 0. The zero-order valence-electron chi connectivity index (χ0n) is 10.3. The summed E-state index contributed by atoms with van der Waals surface area (Å²) in [5.41, 5.74) is 4.96. The molecule has 0 saturated carbocycles. The van der Waals surface area contributed by atoms with Crippen molar-refractivity contribution in [2.45, 2.75) is 13.8 Å². The summed E-state index contributed by atoms with van der Waals surface area (Å²) >= 11 is 0. The highest BCUT2D eigenvalue weighted by molar-refractivity contribution is 5.75. The minimum Gasteiger partial charge on any atom is -0.423 e. The fourth-order valence-corrected chi connectivity index (χ4v) is 1.86. The van der Waals surface area contributed by atoms with E-state index in [2.05, 4.69) is 48.4 Å². The molecule has 0 aliphatic heterocycles. The van der Waals surface area contributed by atoms with Crippen molar-refractivity contribution in [3.63, 3.8) is 0 Å². The molecule has 0 spiro atoms. The lowest BCUT2D eigenvalue weighted by Gasteiger charge is -2.06. The molecular formula is C15H13N2O. The smallest absolute Gasteiger partial charge is 0.300 e. The largest absolute Gasteiger partial charge is 0.423 e. The van der Waals surface area contributed by atoms with Crippen molar-refractivity contribution in [1.29, 1.82) is 0 Å². The number of benzene rings is 2. The molecule has 1 heterocycles. The molecule has 0 aliphatic carbocycles. The van der Waals surface area contributed by atoms with Crippen LogP contribution < -0.4 is 5.32 Å². The number of hydrogen-bond acceptors (Lipinski definition) is 3. The molecular weight excluding hydrogens is 224 g/mol. The quantitative estimate of drug-likeness (QED) is 0.732. The minimum absolute atomic E-state index is 0.512. The Balaban J connectivity index is 1.98. The van der Waals surface area contributed by atoms with E-state index in [0.29, 0.717) is 6.01 Å². The van der Waals surface area contributed by atoms with Crippen LogP contribution in [0.4, 0.5) is 11.7 Å². The fourth-order valence-electron chi connectivity index (χ4n) is 1.86. The van der Waals surface area contributed by atoms with Gasteiger partial charge in [0.2, 0.25) is 0 Å². The van der Waals surface area contributed by atoms with Crippen LogP contribution in [0.15, 0.2) is 40.8 Å². The van der Waals surface area contributed by atoms with Crippen molar-refractivity contribution in [1.82, 2.24) is 4.98 Å². The molecule has 2 aromatic carbocycles. The van der Waals surface area contributed by atoms with Gasteiger partial charge in [-0.2, -0.15) is 4.98 Å². The van der Waals surface area contributed by atoms with E-state index in [0.717, 1.165) is 22.4 Å². The molecule has 0 aliphatic rings. The maximum atomic E-state index is 5.62. The number of fused-ring (bicyclic) bond motifs is 1. The zero-order valence-corrected chi connectivity index (χ0v) is 10.3. The first kappa shape index (κ1) is 10.8. The lowest BCUT2D eigenvalue weighted by atomic mass is 10.1. The maximum absolute atomic E-state index is 5.62. The van der Waals surface area contributed by atoms with Gasteiger partial charge in [0.25, 0.3) is 6.01 Å². The Morgan fingerprint density at radius 3 is 2.94 bits per heavy atom. The highest BCUT2D eigenvalue weighted by Crippen LogP contribution is 2.24. The predicted octanol–water partition coefficient (Wildman–Crippen LogP) is 3.99. The Kier molecular flexibility index (Phi) is 2.52. The predicted molar refractivity (Wildman–Crippen MR) is 72.0 cm³/mol. The summed E-state index contributed by atoms with van der Waals surface area (Å²) in [6.07, 6.45) is 0. The first-order valence-corrected chi connectivity index (χ1v) is 5.83. The molecule has 1 N–H and O–H groups in total. The lowest BCUT2D eigenvalue weighted by Crippen LogP contribution is -1.93. The van der Waals surface area contributed by atoms with Crippen molar-refractivity contribution in [2.75, 3.05) is 5.32 Å². The molecule has 3 aromatic rings. The van der Waals surface area contributed by atoms with Gasteiger partial charge in [-0.25, -0.2) is 0 Å². The number of hydrogen-bond donors (Lipinski definition) is 1. The van der Waals surface area contributed by atoms with Crippen LogP contribution in [0.25, 0.3) is 11.1 Å². The van der Waals surface area contributed by atoms with Crippen molar-refractivity contribution >= 4 is 22.8 Å². The first-order valence-electron chi connectivity index (χ1n) is 5.83. The van der Waals surface area contributed by atoms with Crippen molar-refractivity contribution in [3.8, 4) is 0 Å². The van der Waals surface area contributed by atoms with Crippen LogP contribution in [0.5, 0.6) is 0 Å². The molecule has 1 radical (unpaired) electrons. The maximum Gasteiger partial charge on any atom is 0.300 e. The van der Waals surface area contributed by atoms with Crippen LogP contribution in [0.1, 0.15) is 11.1 Å². The standard InChI is InChI=1S/C15H13N2O/c1-10-7-8-11(2)13(9-10)17-15-16-12-5-3-4-6-14(12)18-15/h4-9H,1-2H3,(H,16,17). The molecule has 0 amide bonds. The summed E-state index contributed by atoms with van der Waals surface area (Å²) in [4.78, 5) is 4.37. The molecule has 18 heavy (non-hydrogen) atoms. The van der Waals surface area contributed by atoms with E-state index in [-0.39, 0.29) is 0 Å². The molecule has 0 fully saturated rings. The Bertz CT molecular complexity index is 668. The van der Waals surface area contributed by atoms with Gasteiger partial charge >= 0.3 is 0 Å². The number of rotatable bonds is 2. The van der Waals surface area contributed by atoms with Crippen LogP contribution in [-0.2, 0) is 0 Å². The topological polar surface area (TPSA) is 38.1 Å². The van der Waals surface area contributed by atoms with Gasteiger partial charge in [-0.15, -0.1) is 0 Å². The van der Waals surface area contributed by atoms with Crippen LogP contribution in [-0.4, -0.2) is 4.98 Å². The van der Waals surface area contributed by atoms with Gasteiger partial charge in [0.1, 0.15) is 5.52 Å². The molecule has 3 nitrogen and oxygen atoms in total. The number of nitrogens with one attached hydrogen (secondary N) is 1. The normalized spacial score (nSPS) is 10.8. The van der Waals surface area contributed by atoms with Crippen LogP contribution in [0.2, 0.25) is 0 Å². The Morgan fingerprint density at radius 1 is 1.22 bits per heavy atom. The number of nitrogens with zero attached hydrogens (tertiary/aromatic N) is 1. The van der Waals surface area contributed by atoms with Gasteiger partial charge in [-0.05, 0) is 49.2 Å². The summed E-state index contributed by atoms with van der Waals surface area (Å²) in [6, 6.07) is 15.2. The Morgan fingerprint density at radius 2 is 2.11 bits per heavy atom. The second-order valence-electron chi connectivity index (χ2n) is 4.36. The zero-order chi connectivity index (χ0) is 12.5. The Hall–Kier alpha value is -2.29. The second-order valence-corrected chi connectivity index (χ2v) is 4.36. The SMILES string of the molecule is Cc1ccc(C)c(Nc2nc3c[c]ccc3o2)c1. The number of oxazole rings is 1. The van der Waals surface area contributed by atoms with Crippen molar-refractivity contribution in [3.05, 3.63) is 53.6 Å². The molecule has 89 valence electrons. The molecule has 3 rings (SSSR count). The number of anilines is 2. The third-order valence-electron chi connectivity index (χ3n) is 2.87. The van der Waals surface area contributed by atoms with E-state index in [1.807, 2.05) is 18.2 Å². The summed E-state index contributed by atoms with van der Waals surface area (Å²) in [6.45, 7) is 4.11. The molecule has 0 atom stereocenters. The molecule has 3 heteroatoms. The van der Waals surface area contributed by atoms with E-state index in [1.54, 1.807) is 0 Å². The van der Waals surface area contributed by atoms with Gasteiger partial charge < -0.3 is 9.73 Å². The highest BCUT2D eigenvalue weighted by Gasteiger charge is 2.06. The first-order chi connectivity index (χ1) is 8.72. The minimum atomic E-state index is 0.512. The third-order valence-corrected chi connectivity index (χ3v) is 2.87. The van der Waals surface area contributed by atoms with Gasteiger partial charge in [-0.3, -0.25) is 0 Å². The monoisotopic (exact) mass is 237 g/mol. The van der Waals surface area contributed by atoms with Crippen molar-refractivity contribution in [2.24, 2.45) is 0 Å². The van der Waals surface area contributed by atoms with Gasteiger partial charge in [0.15, 0.2) is 5.58 Å². The average molecular weight is 237 g/mol. The summed E-state index contributed by atoms with van der Waals surface area (Å²) in [5.74, 6) is 0. The summed E-state index contributed by atoms with van der Waals surface area (Å²) in [5, 5.41) is 3.21. The van der Waals surface area contributed by atoms with E-state index in [4.69, 9.17) is 4.42 Å². The van der Waals surface area contributed by atoms with Crippen LogP contribution >= 0.6 is 0 Å². The molecule has 0 saturated heterocycles. The average Bonchev–Trinajstić information content (AvgIpc) is 2.76. The van der Waals surface area contributed by atoms with Crippen LogP contribution in [0, 0.1) is 19.9 Å². The fraction of sp³-hybridized carbons (Fsp3) is 0.133. The molecule has 0 bridgehead atoms. The van der Waals surface area contributed by atoms with E-state index < -0.39 is 0 Å². The number of aryl methyl sites for hydroxylation is 2. The Labute approximate surface area is 105 Å². The van der Waals surface area contributed by atoms with E-state index in [9.17, 15) is 0 Å². The highest BCUT2D eigenvalue weighted by atomic mass is 16.4. The number of aromatic nitrogens is 1. The summed E-state index contributed by atoms with van der Waals surface area (Å²) < 4.78 is 5.62. The van der Waals surface area contributed by atoms with Gasteiger partial charge in [0.05, 0.1) is 0 Å². The second kappa shape index (κ2) is 4.18. The van der Waals surface area contributed by atoms with Crippen molar-refractivity contribution < 1.29 is 4.42 Å². The molecule has 0 unspecified atom stereocenters.